The Kier molecular flexibility index (Phi) is 3.47. The maximum Gasteiger partial charge on any atom is 0.145 e. The Balaban J connectivity index is 2.23. The van der Waals surface area contributed by atoms with Gasteiger partial charge < -0.3 is 10.3 Å². The van der Waals surface area contributed by atoms with Crippen molar-refractivity contribution in [2.75, 3.05) is 17.4 Å². The van der Waals surface area contributed by atoms with Crippen molar-refractivity contribution in [2.24, 2.45) is 11.8 Å². The Hall–Kier alpha value is -1.36. The quantitative estimate of drug-likeness (QED) is 0.599. The SMILES string of the molecule is CCc1nc(NN)cc(N(C)C(C)C2CC2)n1. The molecule has 0 saturated heterocycles. The van der Waals surface area contributed by atoms with Crippen molar-refractivity contribution in [3.8, 4) is 0 Å². The van der Waals surface area contributed by atoms with Crippen molar-refractivity contribution in [2.45, 2.75) is 39.2 Å². The molecule has 1 fully saturated rings. The number of aromatic nitrogens is 2. The number of anilines is 2. The van der Waals surface area contributed by atoms with Gasteiger partial charge in [-0.25, -0.2) is 15.8 Å². The number of hydrazine groups is 1. The summed E-state index contributed by atoms with van der Waals surface area (Å²) in [6, 6.07) is 2.43. The van der Waals surface area contributed by atoms with Crippen molar-refractivity contribution in [1.29, 1.82) is 0 Å². The lowest BCUT2D eigenvalue weighted by Crippen LogP contribution is -2.31. The minimum Gasteiger partial charge on any atom is -0.357 e. The van der Waals surface area contributed by atoms with Crippen LogP contribution in [0.3, 0.4) is 0 Å². The van der Waals surface area contributed by atoms with Crippen LogP contribution in [0.4, 0.5) is 11.6 Å². The van der Waals surface area contributed by atoms with Crippen molar-refractivity contribution in [3.05, 3.63) is 11.9 Å². The van der Waals surface area contributed by atoms with E-state index in [1.165, 1.54) is 12.8 Å². The van der Waals surface area contributed by atoms with E-state index in [1.807, 2.05) is 13.0 Å². The standard InChI is InChI=1S/C12H21N5/c1-4-10-14-11(16-13)7-12(15-10)17(3)8(2)9-5-6-9/h7-9H,4-6,13H2,1-3H3,(H,14,15,16). The third kappa shape index (κ3) is 2.66. The molecule has 0 aliphatic heterocycles. The molecule has 1 saturated carbocycles. The van der Waals surface area contributed by atoms with Crippen LogP contribution in [0.2, 0.25) is 0 Å². The molecule has 0 amide bonds. The lowest BCUT2D eigenvalue weighted by atomic mass is 10.2. The fourth-order valence-corrected chi connectivity index (χ4v) is 2.00. The van der Waals surface area contributed by atoms with Crippen molar-refractivity contribution >= 4 is 11.6 Å². The van der Waals surface area contributed by atoms with Crippen molar-refractivity contribution in [3.63, 3.8) is 0 Å². The maximum atomic E-state index is 5.43. The predicted octanol–water partition coefficient (Wildman–Crippen LogP) is 1.56. The molecule has 1 unspecified atom stereocenters. The molecule has 1 heterocycles. The van der Waals surface area contributed by atoms with Gasteiger partial charge in [-0.2, -0.15) is 0 Å². The largest absolute Gasteiger partial charge is 0.357 e. The third-order valence-electron chi connectivity index (χ3n) is 3.50. The van der Waals surface area contributed by atoms with Gasteiger partial charge >= 0.3 is 0 Å². The van der Waals surface area contributed by atoms with E-state index in [1.54, 1.807) is 0 Å². The fourth-order valence-electron chi connectivity index (χ4n) is 2.00. The number of nitrogens with zero attached hydrogens (tertiary/aromatic N) is 3. The van der Waals surface area contributed by atoms with Crippen LogP contribution in [0.5, 0.6) is 0 Å². The summed E-state index contributed by atoms with van der Waals surface area (Å²) in [7, 11) is 2.09. The van der Waals surface area contributed by atoms with Crippen molar-refractivity contribution in [1.82, 2.24) is 9.97 Å². The summed E-state index contributed by atoms with van der Waals surface area (Å²) in [5.41, 5.74) is 2.60. The van der Waals surface area contributed by atoms with E-state index in [-0.39, 0.29) is 0 Å². The summed E-state index contributed by atoms with van der Waals surface area (Å²) in [5.74, 6) is 8.70. The zero-order valence-corrected chi connectivity index (χ0v) is 10.8. The highest BCUT2D eigenvalue weighted by atomic mass is 15.3. The number of hydrogen-bond donors (Lipinski definition) is 2. The molecule has 0 bridgehead atoms. The summed E-state index contributed by atoms with van der Waals surface area (Å²) < 4.78 is 0. The summed E-state index contributed by atoms with van der Waals surface area (Å²) >= 11 is 0. The van der Waals surface area contributed by atoms with E-state index in [4.69, 9.17) is 5.84 Å². The van der Waals surface area contributed by atoms with Crippen molar-refractivity contribution < 1.29 is 0 Å². The van der Waals surface area contributed by atoms with Crippen LogP contribution in [0, 0.1) is 5.92 Å². The van der Waals surface area contributed by atoms with Crippen LogP contribution < -0.4 is 16.2 Å². The lowest BCUT2D eigenvalue weighted by Gasteiger charge is -2.26. The molecule has 3 N–H and O–H groups in total. The van der Waals surface area contributed by atoms with Crippen LogP contribution in [0.15, 0.2) is 6.07 Å². The van der Waals surface area contributed by atoms with Gasteiger partial charge in [0.15, 0.2) is 0 Å². The van der Waals surface area contributed by atoms with E-state index in [9.17, 15) is 0 Å². The molecule has 1 aromatic heterocycles. The molecule has 1 atom stereocenters. The minimum atomic E-state index is 0.528. The molecule has 1 aliphatic carbocycles. The van der Waals surface area contributed by atoms with Gasteiger partial charge in [0, 0.05) is 25.6 Å². The number of nitrogens with two attached hydrogens (primary N) is 1. The van der Waals surface area contributed by atoms with Gasteiger partial charge in [-0.15, -0.1) is 0 Å². The highest BCUT2D eigenvalue weighted by Gasteiger charge is 2.31. The first kappa shape index (κ1) is 12.1. The molecule has 0 spiro atoms. The Morgan fingerprint density at radius 3 is 2.76 bits per heavy atom. The first-order valence-corrected chi connectivity index (χ1v) is 6.23. The summed E-state index contributed by atoms with van der Waals surface area (Å²) in [6.45, 7) is 4.30. The number of hydrogen-bond acceptors (Lipinski definition) is 5. The molecule has 2 rings (SSSR count). The topological polar surface area (TPSA) is 67.1 Å². The number of nitrogen functional groups attached to an aromatic ring is 1. The summed E-state index contributed by atoms with van der Waals surface area (Å²) in [6.07, 6.45) is 3.48. The van der Waals surface area contributed by atoms with E-state index in [0.29, 0.717) is 11.9 Å². The average Bonchev–Trinajstić information content (AvgIpc) is 3.20. The Morgan fingerprint density at radius 1 is 1.53 bits per heavy atom. The molecule has 17 heavy (non-hydrogen) atoms. The predicted molar refractivity (Wildman–Crippen MR) is 69.8 cm³/mol. The molecule has 1 aliphatic rings. The minimum absolute atomic E-state index is 0.528. The van der Waals surface area contributed by atoms with E-state index in [2.05, 4.69) is 34.3 Å². The van der Waals surface area contributed by atoms with Crippen LogP contribution in [-0.4, -0.2) is 23.1 Å². The van der Waals surface area contributed by atoms with Gasteiger partial charge in [-0.3, -0.25) is 0 Å². The van der Waals surface area contributed by atoms with Gasteiger partial charge in [0.2, 0.25) is 0 Å². The maximum absolute atomic E-state index is 5.43. The zero-order chi connectivity index (χ0) is 12.4. The highest BCUT2D eigenvalue weighted by molar-refractivity contribution is 5.49. The molecular weight excluding hydrogens is 214 g/mol. The second kappa shape index (κ2) is 4.87. The smallest absolute Gasteiger partial charge is 0.145 e. The molecule has 0 radical (unpaired) electrons. The number of rotatable bonds is 5. The lowest BCUT2D eigenvalue weighted by molar-refractivity contribution is 0.602. The van der Waals surface area contributed by atoms with Gasteiger partial charge in [0.25, 0.3) is 0 Å². The number of nitrogens with one attached hydrogen (secondary N) is 1. The van der Waals surface area contributed by atoms with Gasteiger partial charge in [-0.05, 0) is 25.7 Å². The molecular formula is C12H21N5. The Labute approximate surface area is 102 Å². The molecule has 5 heteroatoms. The molecule has 0 aromatic carbocycles. The third-order valence-corrected chi connectivity index (χ3v) is 3.50. The van der Waals surface area contributed by atoms with Crippen LogP contribution >= 0.6 is 0 Å². The molecule has 1 aromatic rings. The molecule has 5 nitrogen and oxygen atoms in total. The zero-order valence-electron chi connectivity index (χ0n) is 10.8. The van der Waals surface area contributed by atoms with E-state index in [0.717, 1.165) is 24.0 Å². The highest BCUT2D eigenvalue weighted by Crippen LogP contribution is 2.36. The van der Waals surface area contributed by atoms with E-state index < -0.39 is 0 Å². The van der Waals surface area contributed by atoms with E-state index >= 15 is 0 Å². The normalized spacial score (nSPS) is 16.7. The fraction of sp³-hybridized carbons (Fsp3) is 0.667. The second-order valence-corrected chi connectivity index (χ2v) is 4.71. The number of aryl methyl sites for hydroxylation is 1. The summed E-state index contributed by atoms with van der Waals surface area (Å²) in [5, 5.41) is 0. The van der Waals surface area contributed by atoms with Gasteiger partial charge in [0.1, 0.15) is 17.5 Å². The van der Waals surface area contributed by atoms with Gasteiger partial charge in [0.05, 0.1) is 0 Å². The van der Waals surface area contributed by atoms with Crippen LogP contribution in [0.1, 0.15) is 32.5 Å². The van der Waals surface area contributed by atoms with Crippen LogP contribution in [0.25, 0.3) is 0 Å². The Morgan fingerprint density at radius 2 is 2.24 bits per heavy atom. The first-order valence-electron chi connectivity index (χ1n) is 6.23. The molecule has 94 valence electrons. The monoisotopic (exact) mass is 235 g/mol. The second-order valence-electron chi connectivity index (χ2n) is 4.71. The van der Waals surface area contributed by atoms with Gasteiger partial charge in [-0.1, -0.05) is 6.92 Å². The Bertz CT molecular complexity index is 366. The summed E-state index contributed by atoms with van der Waals surface area (Å²) in [4.78, 5) is 11.1. The van der Waals surface area contributed by atoms with Crippen LogP contribution in [-0.2, 0) is 6.42 Å². The average molecular weight is 235 g/mol. The first-order chi connectivity index (χ1) is 8.15.